The minimum Gasteiger partial charge on any atom is -0.323 e. The average molecular weight is 225 g/mol. The molecule has 1 aliphatic rings. The number of H-pyrrole nitrogens is 1. The van der Waals surface area contributed by atoms with Crippen molar-refractivity contribution in [3.05, 3.63) is 34.3 Å². The molecule has 1 saturated carbocycles. The second kappa shape index (κ2) is 2.69. The summed E-state index contributed by atoms with van der Waals surface area (Å²) in [5.41, 5.74) is 0.631. The molecule has 4 nitrogen and oxygen atoms in total. The first kappa shape index (κ1) is 9.50. The van der Waals surface area contributed by atoms with E-state index < -0.39 is 11.8 Å². The van der Waals surface area contributed by atoms with Crippen LogP contribution in [0.2, 0.25) is 0 Å². The van der Waals surface area contributed by atoms with E-state index in [0.29, 0.717) is 11.2 Å². The summed E-state index contributed by atoms with van der Waals surface area (Å²) in [5.74, 6) is -3.25. The second-order valence-electron chi connectivity index (χ2n) is 4.16. The van der Waals surface area contributed by atoms with Crippen LogP contribution in [0.3, 0.4) is 0 Å². The van der Waals surface area contributed by atoms with E-state index in [4.69, 9.17) is 0 Å². The standard InChI is InChI=1S/C10H9F2N3O/c1-5-4-15-7(9(16)14-5)3-13-8(15)6-2-10(6,11)12/h3-4,6H,2H2,1H3,(H,14,16). The van der Waals surface area contributed by atoms with Crippen LogP contribution in [0.25, 0.3) is 5.52 Å². The van der Waals surface area contributed by atoms with Crippen LogP contribution in [-0.2, 0) is 0 Å². The first-order chi connectivity index (χ1) is 7.49. The summed E-state index contributed by atoms with van der Waals surface area (Å²) in [7, 11) is 0. The molecule has 0 spiro atoms. The van der Waals surface area contributed by atoms with Gasteiger partial charge in [-0.3, -0.25) is 9.20 Å². The SMILES string of the molecule is Cc1cn2c(C3CC3(F)F)ncc2c(=O)[nH]1. The van der Waals surface area contributed by atoms with Crippen molar-refractivity contribution in [2.24, 2.45) is 0 Å². The fourth-order valence-electron chi connectivity index (χ4n) is 1.90. The summed E-state index contributed by atoms with van der Waals surface area (Å²) < 4.78 is 27.4. The topological polar surface area (TPSA) is 50.2 Å². The summed E-state index contributed by atoms with van der Waals surface area (Å²) in [4.78, 5) is 18.0. The zero-order valence-corrected chi connectivity index (χ0v) is 8.50. The van der Waals surface area contributed by atoms with Crippen LogP contribution >= 0.6 is 0 Å². The van der Waals surface area contributed by atoms with E-state index in [-0.39, 0.29) is 17.8 Å². The molecule has 0 radical (unpaired) electrons. The molecule has 0 aromatic carbocycles. The van der Waals surface area contributed by atoms with E-state index in [1.165, 1.54) is 10.6 Å². The number of nitrogens with zero attached hydrogens (tertiary/aromatic N) is 2. The van der Waals surface area contributed by atoms with Gasteiger partial charge in [0.2, 0.25) is 0 Å². The van der Waals surface area contributed by atoms with Gasteiger partial charge in [0.25, 0.3) is 11.5 Å². The maximum atomic E-state index is 12.9. The van der Waals surface area contributed by atoms with Crippen molar-refractivity contribution in [3.63, 3.8) is 0 Å². The molecule has 2 aromatic heterocycles. The van der Waals surface area contributed by atoms with Gasteiger partial charge in [-0.1, -0.05) is 0 Å². The maximum absolute atomic E-state index is 12.9. The van der Waals surface area contributed by atoms with E-state index in [1.54, 1.807) is 13.1 Å². The van der Waals surface area contributed by atoms with Gasteiger partial charge in [-0.15, -0.1) is 0 Å². The normalized spacial score (nSPS) is 22.6. The lowest BCUT2D eigenvalue weighted by molar-refractivity contribution is 0.111. The maximum Gasteiger partial charge on any atom is 0.274 e. The Morgan fingerprint density at radius 3 is 2.94 bits per heavy atom. The zero-order chi connectivity index (χ0) is 11.5. The average Bonchev–Trinajstić information content (AvgIpc) is 2.64. The number of halogens is 2. The summed E-state index contributed by atoms with van der Waals surface area (Å²) in [6.45, 7) is 1.70. The highest BCUT2D eigenvalue weighted by Gasteiger charge is 2.59. The number of hydrogen-bond donors (Lipinski definition) is 1. The van der Waals surface area contributed by atoms with E-state index >= 15 is 0 Å². The number of imidazole rings is 1. The van der Waals surface area contributed by atoms with Gasteiger partial charge in [-0.05, 0) is 6.92 Å². The smallest absolute Gasteiger partial charge is 0.274 e. The molecule has 0 bridgehead atoms. The van der Waals surface area contributed by atoms with Gasteiger partial charge in [-0.25, -0.2) is 13.8 Å². The molecule has 1 fully saturated rings. The number of hydrogen-bond acceptors (Lipinski definition) is 2. The quantitative estimate of drug-likeness (QED) is 0.798. The van der Waals surface area contributed by atoms with Crippen LogP contribution < -0.4 is 5.56 Å². The molecule has 1 unspecified atom stereocenters. The molecule has 1 atom stereocenters. The fourth-order valence-corrected chi connectivity index (χ4v) is 1.90. The van der Waals surface area contributed by atoms with Crippen molar-refractivity contribution >= 4 is 5.52 Å². The number of fused-ring (bicyclic) bond motifs is 1. The molecular weight excluding hydrogens is 216 g/mol. The third kappa shape index (κ3) is 1.19. The van der Waals surface area contributed by atoms with Crippen molar-refractivity contribution in [2.45, 2.75) is 25.2 Å². The molecule has 1 aliphatic carbocycles. The first-order valence-corrected chi connectivity index (χ1v) is 4.94. The Kier molecular flexibility index (Phi) is 1.60. The van der Waals surface area contributed by atoms with Gasteiger partial charge in [0, 0.05) is 18.3 Å². The summed E-state index contributed by atoms with van der Waals surface area (Å²) >= 11 is 0. The molecule has 84 valence electrons. The van der Waals surface area contributed by atoms with Crippen molar-refractivity contribution in [1.29, 1.82) is 0 Å². The molecule has 0 amide bonds. The van der Waals surface area contributed by atoms with E-state index in [2.05, 4.69) is 9.97 Å². The van der Waals surface area contributed by atoms with E-state index in [9.17, 15) is 13.6 Å². The molecule has 16 heavy (non-hydrogen) atoms. The predicted molar refractivity (Wildman–Crippen MR) is 52.9 cm³/mol. The lowest BCUT2D eigenvalue weighted by Crippen LogP contribution is -2.11. The van der Waals surface area contributed by atoms with Crippen LogP contribution in [0.1, 0.15) is 23.9 Å². The third-order valence-corrected chi connectivity index (χ3v) is 2.83. The molecule has 2 heterocycles. The first-order valence-electron chi connectivity index (χ1n) is 4.94. The van der Waals surface area contributed by atoms with Crippen LogP contribution in [0.5, 0.6) is 0 Å². The Bertz CT molecular complexity index is 629. The van der Waals surface area contributed by atoms with Crippen molar-refractivity contribution < 1.29 is 8.78 Å². The highest BCUT2D eigenvalue weighted by atomic mass is 19.3. The van der Waals surface area contributed by atoms with E-state index in [1.807, 2.05) is 0 Å². The Morgan fingerprint density at radius 2 is 2.31 bits per heavy atom. The number of aromatic nitrogens is 3. The highest BCUT2D eigenvalue weighted by molar-refractivity contribution is 5.45. The molecule has 0 aliphatic heterocycles. The van der Waals surface area contributed by atoms with Crippen molar-refractivity contribution in [2.75, 3.05) is 0 Å². The lowest BCUT2D eigenvalue weighted by atomic mass is 10.4. The summed E-state index contributed by atoms with van der Waals surface area (Å²) in [6.07, 6.45) is 2.77. The minimum atomic E-state index is -2.67. The van der Waals surface area contributed by atoms with Crippen LogP contribution in [0.15, 0.2) is 17.2 Å². The van der Waals surface area contributed by atoms with Gasteiger partial charge < -0.3 is 4.98 Å². The molecule has 1 N–H and O–H groups in total. The number of aryl methyl sites for hydroxylation is 1. The van der Waals surface area contributed by atoms with Gasteiger partial charge in [0.15, 0.2) is 0 Å². The van der Waals surface area contributed by atoms with Gasteiger partial charge in [0.05, 0.1) is 12.1 Å². The van der Waals surface area contributed by atoms with Crippen LogP contribution in [0, 0.1) is 6.92 Å². The largest absolute Gasteiger partial charge is 0.323 e. The Morgan fingerprint density at radius 1 is 1.62 bits per heavy atom. The van der Waals surface area contributed by atoms with Crippen LogP contribution in [-0.4, -0.2) is 20.3 Å². The Hall–Kier alpha value is -1.72. The predicted octanol–water partition coefficient (Wildman–Crippen LogP) is 1.45. The number of aromatic amines is 1. The molecule has 3 rings (SSSR count). The minimum absolute atomic E-state index is 0.183. The Balaban J connectivity index is 2.25. The fraction of sp³-hybridized carbons (Fsp3) is 0.400. The second-order valence-corrected chi connectivity index (χ2v) is 4.16. The Labute approximate surface area is 88.9 Å². The van der Waals surface area contributed by atoms with Crippen molar-refractivity contribution in [1.82, 2.24) is 14.4 Å². The van der Waals surface area contributed by atoms with Gasteiger partial charge in [-0.2, -0.15) is 0 Å². The summed E-state index contributed by atoms with van der Waals surface area (Å²) in [6, 6.07) is 0. The number of nitrogens with one attached hydrogen (secondary N) is 1. The van der Waals surface area contributed by atoms with Gasteiger partial charge in [0.1, 0.15) is 11.3 Å². The molecule has 2 aromatic rings. The zero-order valence-electron chi connectivity index (χ0n) is 8.50. The monoisotopic (exact) mass is 225 g/mol. The summed E-state index contributed by atoms with van der Waals surface area (Å²) in [5, 5.41) is 0. The van der Waals surface area contributed by atoms with Crippen LogP contribution in [0.4, 0.5) is 8.78 Å². The van der Waals surface area contributed by atoms with E-state index in [0.717, 1.165) is 0 Å². The lowest BCUT2D eigenvalue weighted by Gasteiger charge is -2.00. The molecular formula is C10H9F2N3O. The highest BCUT2D eigenvalue weighted by Crippen LogP contribution is 2.55. The molecule has 6 heteroatoms. The van der Waals surface area contributed by atoms with Gasteiger partial charge >= 0.3 is 0 Å². The van der Waals surface area contributed by atoms with Crippen molar-refractivity contribution in [3.8, 4) is 0 Å². The third-order valence-electron chi connectivity index (χ3n) is 2.83. The number of rotatable bonds is 1. The number of alkyl halides is 2. The molecule has 0 saturated heterocycles.